The van der Waals surface area contributed by atoms with Crippen molar-refractivity contribution >= 4 is 33.0 Å². The molecular formula is C15H24N4O3S2. The van der Waals surface area contributed by atoms with Crippen LogP contribution in [0.4, 0.5) is 0 Å². The normalized spacial score (nSPS) is 19.9. The Hall–Kier alpha value is -1.61. The van der Waals surface area contributed by atoms with E-state index in [4.69, 9.17) is 0 Å². The SMILES string of the molecule is CCNC(=NCCCNC(=O)c1cccs1)NC1CCS(=O)(=O)C1. The molecule has 1 saturated heterocycles. The predicted octanol–water partition coefficient (Wildman–Crippen LogP) is 0.610. The molecule has 2 rings (SSSR count). The van der Waals surface area contributed by atoms with Gasteiger partial charge >= 0.3 is 0 Å². The molecule has 1 aliphatic rings. The summed E-state index contributed by atoms with van der Waals surface area (Å²) in [5, 5.41) is 11.0. The molecule has 1 atom stereocenters. The van der Waals surface area contributed by atoms with Crippen molar-refractivity contribution in [2.45, 2.75) is 25.8 Å². The minimum Gasteiger partial charge on any atom is -0.357 e. The Kier molecular flexibility index (Phi) is 7.04. The maximum absolute atomic E-state index is 11.8. The van der Waals surface area contributed by atoms with Gasteiger partial charge in [0.2, 0.25) is 0 Å². The van der Waals surface area contributed by atoms with Crippen LogP contribution in [0.5, 0.6) is 0 Å². The van der Waals surface area contributed by atoms with Gasteiger partial charge in [-0.15, -0.1) is 11.3 Å². The van der Waals surface area contributed by atoms with E-state index in [2.05, 4.69) is 20.9 Å². The smallest absolute Gasteiger partial charge is 0.261 e. The zero-order valence-electron chi connectivity index (χ0n) is 13.7. The average Bonchev–Trinajstić information content (AvgIpc) is 3.16. The summed E-state index contributed by atoms with van der Waals surface area (Å²) in [6.07, 6.45) is 1.33. The van der Waals surface area contributed by atoms with E-state index >= 15 is 0 Å². The summed E-state index contributed by atoms with van der Waals surface area (Å²) in [5.74, 6) is 0.965. The monoisotopic (exact) mass is 372 g/mol. The molecule has 1 fully saturated rings. The summed E-state index contributed by atoms with van der Waals surface area (Å²) in [4.78, 5) is 16.9. The summed E-state index contributed by atoms with van der Waals surface area (Å²) in [5.41, 5.74) is 0. The van der Waals surface area contributed by atoms with Crippen molar-refractivity contribution in [3.05, 3.63) is 22.4 Å². The Bertz CT molecular complexity index is 656. The van der Waals surface area contributed by atoms with Gasteiger partial charge in [-0.3, -0.25) is 9.79 Å². The summed E-state index contributed by atoms with van der Waals surface area (Å²) < 4.78 is 23.0. The fraction of sp³-hybridized carbons (Fsp3) is 0.600. The molecule has 1 unspecified atom stereocenters. The van der Waals surface area contributed by atoms with Gasteiger partial charge in [0.25, 0.3) is 5.91 Å². The molecular weight excluding hydrogens is 348 g/mol. The van der Waals surface area contributed by atoms with Crippen molar-refractivity contribution < 1.29 is 13.2 Å². The van der Waals surface area contributed by atoms with Gasteiger partial charge in [-0.25, -0.2) is 8.42 Å². The quantitative estimate of drug-likeness (QED) is 0.370. The lowest BCUT2D eigenvalue weighted by Gasteiger charge is -2.15. The van der Waals surface area contributed by atoms with Crippen LogP contribution in [0.1, 0.15) is 29.4 Å². The van der Waals surface area contributed by atoms with Gasteiger partial charge in [0, 0.05) is 25.7 Å². The lowest BCUT2D eigenvalue weighted by Crippen LogP contribution is -2.44. The Morgan fingerprint density at radius 1 is 1.42 bits per heavy atom. The highest BCUT2D eigenvalue weighted by Gasteiger charge is 2.28. The molecule has 2 heterocycles. The number of thiophene rings is 1. The third kappa shape index (κ3) is 6.12. The number of amides is 1. The highest BCUT2D eigenvalue weighted by Crippen LogP contribution is 2.11. The number of hydrogen-bond acceptors (Lipinski definition) is 5. The third-order valence-electron chi connectivity index (χ3n) is 3.55. The van der Waals surface area contributed by atoms with Crippen LogP contribution in [0, 0.1) is 0 Å². The van der Waals surface area contributed by atoms with Crippen LogP contribution in [0.25, 0.3) is 0 Å². The van der Waals surface area contributed by atoms with E-state index in [0.717, 1.165) is 6.42 Å². The van der Waals surface area contributed by atoms with Crippen molar-refractivity contribution in [3.63, 3.8) is 0 Å². The molecule has 0 radical (unpaired) electrons. The fourth-order valence-corrected chi connectivity index (χ4v) is 4.70. The number of rotatable bonds is 7. The molecule has 1 amide bonds. The number of guanidine groups is 1. The summed E-state index contributed by atoms with van der Waals surface area (Å²) >= 11 is 1.42. The minimum atomic E-state index is -2.91. The lowest BCUT2D eigenvalue weighted by atomic mass is 10.3. The van der Waals surface area contributed by atoms with E-state index in [0.29, 0.717) is 36.9 Å². The maximum atomic E-state index is 11.8. The van der Waals surface area contributed by atoms with Crippen LogP contribution in [0.3, 0.4) is 0 Å². The molecule has 3 N–H and O–H groups in total. The van der Waals surface area contributed by atoms with Gasteiger partial charge < -0.3 is 16.0 Å². The van der Waals surface area contributed by atoms with Gasteiger partial charge in [0.15, 0.2) is 15.8 Å². The molecule has 0 saturated carbocycles. The zero-order valence-corrected chi connectivity index (χ0v) is 15.4. The molecule has 9 heteroatoms. The van der Waals surface area contributed by atoms with Crippen molar-refractivity contribution in [2.24, 2.45) is 4.99 Å². The fourth-order valence-electron chi connectivity index (χ4n) is 2.39. The first-order valence-electron chi connectivity index (χ1n) is 8.07. The van der Waals surface area contributed by atoms with Crippen LogP contribution in [0.2, 0.25) is 0 Å². The van der Waals surface area contributed by atoms with Gasteiger partial charge in [0.1, 0.15) is 0 Å². The third-order valence-corrected chi connectivity index (χ3v) is 6.19. The standard InChI is InChI=1S/C15H24N4O3S2/c1-2-16-15(19-12-6-10-24(21,22)11-12)18-8-4-7-17-14(20)13-5-3-9-23-13/h3,5,9,12H,2,4,6-8,10-11H2,1H3,(H,17,20)(H2,16,18,19). The number of sulfone groups is 1. The Morgan fingerprint density at radius 2 is 2.25 bits per heavy atom. The summed E-state index contributed by atoms with van der Waals surface area (Å²) in [7, 11) is -2.91. The first-order valence-corrected chi connectivity index (χ1v) is 10.8. The highest BCUT2D eigenvalue weighted by atomic mass is 32.2. The van der Waals surface area contributed by atoms with Crippen LogP contribution < -0.4 is 16.0 Å². The largest absolute Gasteiger partial charge is 0.357 e. The first kappa shape index (κ1) is 18.7. The minimum absolute atomic E-state index is 0.0600. The Balaban J connectivity index is 1.72. The molecule has 0 spiro atoms. The number of hydrogen-bond donors (Lipinski definition) is 3. The maximum Gasteiger partial charge on any atom is 0.261 e. The number of nitrogens with zero attached hydrogens (tertiary/aromatic N) is 1. The van der Waals surface area contributed by atoms with Crippen LogP contribution in [0.15, 0.2) is 22.5 Å². The van der Waals surface area contributed by atoms with Crippen molar-refractivity contribution in [2.75, 3.05) is 31.1 Å². The van der Waals surface area contributed by atoms with E-state index in [1.54, 1.807) is 6.07 Å². The number of aliphatic imine (C=N–C) groups is 1. The Labute approximate surface area is 146 Å². The van der Waals surface area contributed by atoms with Gasteiger partial charge in [0.05, 0.1) is 16.4 Å². The molecule has 1 aromatic heterocycles. The summed E-state index contributed by atoms with van der Waals surface area (Å²) in [6, 6.07) is 3.56. The van der Waals surface area contributed by atoms with E-state index in [-0.39, 0.29) is 23.5 Å². The molecule has 0 aromatic carbocycles. The number of carbonyl (C=O) groups excluding carboxylic acids is 1. The molecule has 1 aliphatic heterocycles. The Morgan fingerprint density at radius 3 is 2.88 bits per heavy atom. The zero-order chi connectivity index (χ0) is 17.4. The van der Waals surface area contributed by atoms with Crippen molar-refractivity contribution in [3.8, 4) is 0 Å². The van der Waals surface area contributed by atoms with Crippen molar-refractivity contribution in [1.29, 1.82) is 0 Å². The van der Waals surface area contributed by atoms with Gasteiger partial charge in [-0.05, 0) is 31.2 Å². The van der Waals surface area contributed by atoms with Crippen LogP contribution in [-0.2, 0) is 9.84 Å². The molecule has 7 nitrogen and oxygen atoms in total. The molecule has 24 heavy (non-hydrogen) atoms. The molecule has 0 bridgehead atoms. The lowest BCUT2D eigenvalue weighted by molar-refractivity contribution is 0.0957. The van der Waals surface area contributed by atoms with Crippen molar-refractivity contribution in [1.82, 2.24) is 16.0 Å². The molecule has 1 aromatic rings. The molecule has 0 aliphatic carbocycles. The van der Waals surface area contributed by atoms with E-state index < -0.39 is 9.84 Å². The second kappa shape index (κ2) is 9.03. The number of carbonyl (C=O) groups is 1. The van der Waals surface area contributed by atoms with E-state index in [1.807, 2.05) is 18.4 Å². The average molecular weight is 373 g/mol. The second-order valence-electron chi connectivity index (χ2n) is 5.59. The van der Waals surface area contributed by atoms with Crippen LogP contribution >= 0.6 is 11.3 Å². The topological polar surface area (TPSA) is 99.7 Å². The highest BCUT2D eigenvalue weighted by molar-refractivity contribution is 7.91. The van der Waals surface area contributed by atoms with E-state index in [1.165, 1.54) is 11.3 Å². The summed E-state index contributed by atoms with van der Waals surface area (Å²) in [6.45, 7) is 3.78. The molecule has 134 valence electrons. The van der Waals surface area contributed by atoms with Gasteiger partial charge in [-0.1, -0.05) is 6.07 Å². The van der Waals surface area contributed by atoms with Crippen LogP contribution in [-0.4, -0.2) is 57.5 Å². The predicted molar refractivity (Wildman–Crippen MR) is 97.4 cm³/mol. The van der Waals surface area contributed by atoms with E-state index in [9.17, 15) is 13.2 Å². The second-order valence-corrected chi connectivity index (χ2v) is 8.77. The van der Waals surface area contributed by atoms with Gasteiger partial charge in [-0.2, -0.15) is 0 Å². The number of nitrogens with one attached hydrogen (secondary N) is 3. The first-order chi connectivity index (χ1) is 11.5.